The molecule has 2 aliphatic heterocycles. The number of phenolic OH excluding ortho intramolecular Hbond substituents is 1. The normalized spacial score (nSPS) is 25.7. The lowest BCUT2D eigenvalue weighted by molar-refractivity contribution is 0.107. The number of pyridine rings is 1. The molecule has 4 atom stereocenters. The summed E-state index contributed by atoms with van der Waals surface area (Å²) >= 11 is 0. The number of hydrogen-bond donors (Lipinski definition) is 2. The van der Waals surface area contributed by atoms with Crippen molar-refractivity contribution >= 4 is 5.82 Å². The Morgan fingerprint density at radius 2 is 2.06 bits per heavy atom. The first-order valence-corrected chi connectivity index (χ1v) is 11.1. The van der Waals surface area contributed by atoms with Gasteiger partial charge in [0.1, 0.15) is 17.7 Å². The number of alkyl halides is 1. The second-order valence-electron chi connectivity index (χ2n) is 8.74. The maximum absolute atomic E-state index is 15.1. The number of aromatic nitrogens is 4. The summed E-state index contributed by atoms with van der Waals surface area (Å²) in [5.41, 5.74) is 0.532. The van der Waals surface area contributed by atoms with Gasteiger partial charge in [-0.15, -0.1) is 10.2 Å². The van der Waals surface area contributed by atoms with Crippen molar-refractivity contribution < 1.29 is 22.7 Å². The number of hydrogen-bond acceptors (Lipinski definition) is 8. The van der Waals surface area contributed by atoms with Gasteiger partial charge in [-0.25, -0.2) is 18.7 Å². The Bertz CT molecular complexity index is 1280. The van der Waals surface area contributed by atoms with E-state index in [0.29, 0.717) is 12.2 Å². The number of halogens is 2. The zero-order valence-electron chi connectivity index (χ0n) is 21.4. The average Bonchev–Trinajstić information content (AvgIpc) is 2.86. The Kier molecular flexibility index (Phi) is 5.07. The molecule has 2 fully saturated rings. The Morgan fingerprint density at radius 3 is 2.82 bits per heavy atom. The first-order valence-electron chi connectivity index (χ1n) is 12.6. The molecule has 5 rings (SSSR count). The molecule has 8 nitrogen and oxygen atoms in total. The van der Waals surface area contributed by atoms with E-state index >= 15 is 4.39 Å². The smallest absolute Gasteiger partial charge is 0.213 e. The Hall–Kier alpha value is -3.40. The van der Waals surface area contributed by atoms with Gasteiger partial charge in [0.05, 0.1) is 35.1 Å². The minimum absolute atomic E-state index is 0.000341. The molecule has 10 heteroatoms. The van der Waals surface area contributed by atoms with E-state index in [1.165, 1.54) is 24.4 Å². The highest BCUT2D eigenvalue weighted by Gasteiger charge is 2.42. The third-order valence-corrected chi connectivity index (χ3v) is 6.69. The predicted molar refractivity (Wildman–Crippen MR) is 123 cm³/mol. The number of fused-ring (bicyclic) bond motifs is 2. The summed E-state index contributed by atoms with van der Waals surface area (Å²) in [5.74, 6) is -0.663. The van der Waals surface area contributed by atoms with E-state index in [2.05, 4.69) is 25.5 Å². The van der Waals surface area contributed by atoms with Crippen molar-refractivity contribution in [1.29, 1.82) is 0 Å². The fraction of sp³-hybridized carbons (Fsp3) is 0.417. The molecule has 0 amide bonds. The third kappa shape index (κ3) is 4.13. The molecule has 2 aliphatic rings. The van der Waals surface area contributed by atoms with Crippen LogP contribution in [0.4, 0.5) is 14.6 Å². The molecule has 2 bridgehead atoms. The molecule has 0 saturated carbocycles. The van der Waals surface area contributed by atoms with Gasteiger partial charge in [-0.05, 0) is 37.0 Å². The van der Waals surface area contributed by atoms with Gasteiger partial charge in [0.2, 0.25) is 5.88 Å². The van der Waals surface area contributed by atoms with E-state index in [4.69, 9.17) is 8.85 Å². The molecule has 34 heavy (non-hydrogen) atoms. The molecule has 178 valence electrons. The summed E-state index contributed by atoms with van der Waals surface area (Å²) in [4.78, 5) is 9.73. The molecule has 2 saturated heterocycles. The SMILES string of the molecule is [2H]C([2H])([2H])Oc1cc(-c2ccc(-c3ncc(N(C)[C@H]4C[C@@H]5CCC[C@H](N5)[C@H]4F)nn3)c(O)c2)c(F)cn1. The van der Waals surface area contributed by atoms with Crippen LogP contribution in [0.5, 0.6) is 11.6 Å². The highest BCUT2D eigenvalue weighted by atomic mass is 19.1. The van der Waals surface area contributed by atoms with Crippen molar-refractivity contribution in [2.45, 2.75) is 50.0 Å². The standard InChI is InChI=1S/C24H26F2N6O2/c1-32(19-9-14-4-3-5-18(29-14)23(19)26)21-12-28-24(31-30-21)15-7-6-13(8-20(15)33)16-10-22(34-2)27-11-17(16)25/h6-8,10-12,14,18-19,23,29,33H,3-5,9H2,1-2H3/t14-,18-,19-,23+/m0/s1/i2D3. The van der Waals surface area contributed by atoms with E-state index in [9.17, 15) is 9.50 Å². The fourth-order valence-corrected chi connectivity index (χ4v) is 4.86. The minimum atomic E-state index is -2.74. The molecule has 0 spiro atoms. The minimum Gasteiger partial charge on any atom is -0.507 e. The van der Waals surface area contributed by atoms with Crippen molar-refractivity contribution in [2.75, 3.05) is 19.0 Å². The second kappa shape index (κ2) is 9.09. The molecule has 0 radical (unpaired) electrons. The van der Waals surface area contributed by atoms with Gasteiger partial charge in [-0.1, -0.05) is 12.5 Å². The number of ether oxygens (including phenoxy) is 1. The topological polar surface area (TPSA) is 96.3 Å². The Labute approximate surface area is 200 Å². The van der Waals surface area contributed by atoms with Crippen molar-refractivity contribution in [3.8, 4) is 34.1 Å². The number of aromatic hydroxyl groups is 1. The van der Waals surface area contributed by atoms with Gasteiger partial charge >= 0.3 is 0 Å². The molecular formula is C24H26F2N6O2. The zero-order valence-corrected chi connectivity index (χ0v) is 18.4. The molecule has 1 aromatic carbocycles. The molecular weight excluding hydrogens is 442 g/mol. The molecule has 2 N–H and O–H groups in total. The van der Waals surface area contributed by atoms with Crippen LogP contribution in [0.1, 0.15) is 29.8 Å². The van der Waals surface area contributed by atoms with Crippen LogP contribution in [0.2, 0.25) is 0 Å². The number of benzene rings is 1. The van der Waals surface area contributed by atoms with Gasteiger partial charge in [0.25, 0.3) is 0 Å². The van der Waals surface area contributed by atoms with E-state index < -0.39 is 19.0 Å². The Morgan fingerprint density at radius 1 is 1.18 bits per heavy atom. The highest BCUT2D eigenvalue weighted by molar-refractivity contribution is 5.73. The van der Waals surface area contributed by atoms with Crippen LogP contribution in [0.25, 0.3) is 22.5 Å². The van der Waals surface area contributed by atoms with E-state index in [-0.39, 0.29) is 52.3 Å². The summed E-state index contributed by atoms with van der Waals surface area (Å²) in [7, 11) is -0.958. The van der Waals surface area contributed by atoms with Crippen LogP contribution in [-0.4, -0.2) is 63.7 Å². The fourth-order valence-electron chi connectivity index (χ4n) is 4.86. The van der Waals surface area contributed by atoms with E-state index in [0.717, 1.165) is 31.5 Å². The third-order valence-electron chi connectivity index (χ3n) is 6.69. The Balaban J connectivity index is 1.35. The summed E-state index contributed by atoms with van der Waals surface area (Å²) in [5, 5.41) is 22.3. The number of nitrogens with one attached hydrogen (secondary N) is 1. The lowest BCUT2D eigenvalue weighted by atomic mass is 9.82. The van der Waals surface area contributed by atoms with Crippen LogP contribution < -0.4 is 15.0 Å². The van der Waals surface area contributed by atoms with Gasteiger partial charge in [0.15, 0.2) is 11.6 Å². The summed E-state index contributed by atoms with van der Waals surface area (Å²) in [6, 6.07) is 5.27. The van der Waals surface area contributed by atoms with E-state index in [1.54, 1.807) is 11.9 Å². The van der Waals surface area contributed by atoms with Gasteiger partial charge in [-0.2, -0.15) is 0 Å². The number of anilines is 1. The number of nitrogens with zero attached hydrogens (tertiary/aromatic N) is 5. The van der Waals surface area contributed by atoms with Crippen molar-refractivity contribution in [1.82, 2.24) is 25.5 Å². The van der Waals surface area contributed by atoms with Crippen molar-refractivity contribution in [3.05, 3.63) is 42.5 Å². The second-order valence-corrected chi connectivity index (χ2v) is 8.74. The molecule has 4 heterocycles. The van der Waals surface area contributed by atoms with E-state index in [1.807, 2.05) is 0 Å². The quantitative estimate of drug-likeness (QED) is 0.584. The largest absolute Gasteiger partial charge is 0.507 e. The van der Waals surface area contributed by atoms with Crippen molar-refractivity contribution in [2.24, 2.45) is 0 Å². The first kappa shape index (κ1) is 19.0. The average molecular weight is 472 g/mol. The maximum Gasteiger partial charge on any atom is 0.213 e. The van der Waals surface area contributed by atoms with Crippen LogP contribution in [0.3, 0.4) is 0 Å². The van der Waals surface area contributed by atoms with Crippen molar-refractivity contribution in [3.63, 3.8) is 0 Å². The maximum atomic E-state index is 15.1. The molecule has 0 unspecified atom stereocenters. The molecule has 0 aliphatic carbocycles. The highest BCUT2D eigenvalue weighted by Crippen LogP contribution is 2.35. The number of methoxy groups -OCH3 is 1. The lowest BCUT2D eigenvalue weighted by Gasteiger charge is -2.45. The lowest BCUT2D eigenvalue weighted by Crippen LogP contribution is -2.61. The van der Waals surface area contributed by atoms with Crippen LogP contribution in [-0.2, 0) is 0 Å². The predicted octanol–water partition coefficient (Wildman–Crippen LogP) is 3.51. The number of rotatable bonds is 5. The van der Waals surface area contributed by atoms with Crippen LogP contribution in [0, 0.1) is 5.82 Å². The summed E-state index contributed by atoms with van der Waals surface area (Å²) in [6.07, 6.45) is 4.86. The number of piperidine rings is 2. The van der Waals surface area contributed by atoms with Gasteiger partial charge in [0, 0.05) is 30.8 Å². The van der Waals surface area contributed by atoms with Gasteiger partial charge < -0.3 is 20.1 Å². The molecule has 2 aromatic heterocycles. The van der Waals surface area contributed by atoms with Crippen LogP contribution >= 0.6 is 0 Å². The van der Waals surface area contributed by atoms with Crippen LogP contribution in [0.15, 0.2) is 36.7 Å². The zero-order chi connectivity index (χ0) is 26.3. The summed E-state index contributed by atoms with van der Waals surface area (Å²) < 4.78 is 55.8. The monoisotopic (exact) mass is 471 g/mol. The summed E-state index contributed by atoms with van der Waals surface area (Å²) in [6.45, 7) is 0. The number of phenols is 1. The van der Waals surface area contributed by atoms with Gasteiger partial charge in [-0.3, -0.25) is 0 Å². The first-order chi connectivity index (χ1) is 17.6. The molecule has 3 aromatic rings.